The first-order valence-corrected chi connectivity index (χ1v) is 8.81. The molecule has 2 heterocycles. The number of imidazole rings is 1. The van der Waals surface area contributed by atoms with Crippen molar-refractivity contribution in [2.24, 2.45) is 0 Å². The van der Waals surface area contributed by atoms with Crippen molar-refractivity contribution < 1.29 is 9.90 Å². The third kappa shape index (κ3) is 4.46. The van der Waals surface area contributed by atoms with Gasteiger partial charge in [-0.3, -0.25) is 9.69 Å². The third-order valence-electron chi connectivity index (χ3n) is 4.57. The fourth-order valence-electron chi connectivity index (χ4n) is 3.24. The summed E-state index contributed by atoms with van der Waals surface area (Å²) in [6, 6.07) is 9.89. The second-order valence-corrected chi connectivity index (χ2v) is 6.69. The van der Waals surface area contributed by atoms with E-state index in [4.69, 9.17) is 0 Å². The van der Waals surface area contributed by atoms with Crippen LogP contribution in [-0.2, 0) is 24.3 Å². The van der Waals surface area contributed by atoms with E-state index in [0.717, 1.165) is 29.2 Å². The Balaban J connectivity index is 1.68. The van der Waals surface area contributed by atoms with E-state index >= 15 is 0 Å². The van der Waals surface area contributed by atoms with Crippen LogP contribution in [0.2, 0.25) is 0 Å². The zero-order valence-corrected chi connectivity index (χ0v) is 14.9. The quantitative estimate of drug-likeness (QED) is 0.863. The molecule has 2 aromatic rings. The molecule has 6 nitrogen and oxygen atoms in total. The van der Waals surface area contributed by atoms with E-state index in [1.165, 1.54) is 0 Å². The van der Waals surface area contributed by atoms with Crippen molar-refractivity contribution >= 4 is 5.91 Å². The van der Waals surface area contributed by atoms with Gasteiger partial charge in [-0.1, -0.05) is 37.3 Å². The van der Waals surface area contributed by atoms with E-state index in [1.807, 2.05) is 42.2 Å². The van der Waals surface area contributed by atoms with Crippen LogP contribution in [0.25, 0.3) is 0 Å². The highest BCUT2D eigenvalue weighted by Gasteiger charge is 2.27. The van der Waals surface area contributed by atoms with Crippen LogP contribution in [0.15, 0.2) is 30.3 Å². The van der Waals surface area contributed by atoms with Gasteiger partial charge in [0.05, 0.1) is 18.3 Å². The van der Waals surface area contributed by atoms with Gasteiger partial charge in [0.1, 0.15) is 5.82 Å². The molecule has 1 aliphatic rings. The Hall–Kier alpha value is -2.18. The SMILES string of the molecule is CCc1nc(CN2CC(=O)N(Cc3ccccc3)CC(O)C2)c(C)[nH]1. The maximum absolute atomic E-state index is 12.7. The molecule has 0 aliphatic carbocycles. The number of β-amino-alcohol motifs (C(OH)–C–C–N with tert-alkyl or cyclic N) is 1. The van der Waals surface area contributed by atoms with Gasteiger partial charge in [-0.2, -0.15) is 0 Å². The Morgan fingerprint density at radius 2 is 2.00 bits per heavy atom. The number of aryl methyl sites for hydroxylation is 2. The van der Waals surface area contributed by atoms with Crippen LogP contribution in [-0.4, -0.2) is 56.5 Å². The Morgan fingerprint density at radius 3 is 2.68 bits per heavy atom. The molecule has 25 heavy (non-hydrogen) atoms. The number of hydrogen-bond acceptors (Lipinski definition) is 4. The number of nitrogens with one attached hydrogen (secondary N) is 1. The maximum Gasteiger partial charge on any atom is 0.237 e. The number of nitrogens with zero attached hydrogens (tertiary/aromatic N) is 3. The number of aromatic amines is 1. The topological polar surface area (TPSA) is 72.5 Å². The number of hydrogen-bond donors (Lipinski definition) is 2. The first kappa shape index (κ1) is 17.6. The molecule has 6 heteroatoms. The highest BCUT2D eigenvalue weighted by Crippen LogP contribution is 2.14. The van der Waals surface area contributed by atoms with E-state index in [-0.39, 0.29) is 5.91 Å². The fourth-order valence-corrected chi connectivity index (χ4v) is 3.24. The highest BCUT2D eigenvalue weighted by molar-refractivity contribution is 5.78. The molecule has 1 aliphatic heterocycles. The molecule has 1 fully saturated rings. The molecule has 0 spiro atoms. The van der Waals surface area contributed by atoms with Gasteiger partial charge in [-0.25, -0.2) is 4.98 Å². The van der Waals surface area contributed by atoms with Crippen LogP contribution in [0.4, 0.5) is 0 Å². The fraction of sp³-hybridized carbons (Fsp3) is 0.474. The highest BCUT2D eigenvalue weighted by atomic mass is 16.3. The lowest BCUT2D eigenvalue weighted by atomic mass is 10.2. The minimum atomic E-state index is -0.556. The molecule has 0 bridgehead atoms. The van der Waals surface area contributed by atoms with Crippen molar-refractivity contribution in [3.8, 4) is 0 Å². The molecule has 0 radical (unpaired) electrons. The zero-order valence-electron chi connectivity index (χ0n) is 14.9. The Kier molecular flexibility index (Phi) is 5.50. The van der Waals surface area contributed by atoms with Crippen LogP contribution in [0.1, 0.15) is 29.7 Å². The molecule has 1 atom stereocenters. The summed E-state index contributed by atoms with van der Waals surface area (Å²) in [6.07, 6.45) is 0.299. The molecule has 1 saturated heterocycles. The number of aliphatic hydroxyl groups excluding tert-OH is 1. The second-order valence-electron chi connectivity index (χ2n) is 6.69. The van der Waals surface area contributed by atoms with Gasteiger partial charge in [0, 0.05) is 38.3 Å². The standard InChI is InChI=1S/C19H26N4O2/c1-3-18-20-14(2)17(21-18)12-22-10-16(24)11-23(19(25)13-22)9-15-7-5-4-6-8-15/h4-8,16,24H,3,9-13H2,1-2H3,(H,20,21). The van der Waals surface area contributed by atoms with Crippen molar-refractivity contribution in [1.29, 1.82) is 0 Å². The first-order valence-electron chi connectivity index (χ1n) is 8.81. The molecule has 1 unspecified atom stereocenters. The van der Waals surface area contributed by atoms with Crippen molar-refractivity contribution in [2.45, 2.75) is 39.5 Å². The van der Waals surface area contributed by atoms with Gasteiger partial charge in [0.2, 0.25) is 5.91 Å². The summed E-state index contributed by atoms with van der Waals surface area (Å²) in [4.78, 5) is 24.2. The Morgan fingerprint density at radius 1 is 1.24 bits per heavy atom. The van der Waals surface area contributed by atoms with Gasteiger partial charge in [-0.05, 0) is 12.5 Å². The zero-order chi connectivity index (χ0) is 17.8. The smallest absolute Gasteiger partial charge is 0.237 e. The van der Waals surface area contributed by atoms with Gasteiger partial charge < -0.3 is 15.0 Å². The van der Waals surface area contributed by atoms with Crippen LogP contribution in [0.5, 0.6) is 0 Å². The van der Waals surface area contributed by atoms with Crippen LogP contribution < -0.4 is 0 Å². The summed E-state index contributed by atoms with van der Waals surface area (Å²) in [7, 11) is 0. The lowest BCUT2D eigenvalue weighted by Gasteiger charge is -2.22. The van der Waals surface area contributed by atoms with E-state index < -0.39 is 6.10 Å². The molecular weight excluding hydrogens is 316 g/mol. The van der Waals surface area contributed by atoms with E-state index in [9.17, 15) is 9.90 Å². The molecule has 2 N–H and O–H groups in total. The van der Waals surface area contributed by atoms with E-state index in [1.54, 1.807) is 4.90 Å². The monoisotopic (exact) mass is 342 g/mol. The van der Waals surface area contributed by atoms with Gasteiger partial charge in [-0.15, -0.1) is 0 Å². The number of aliphatic hydroxyl groups is 1. The summed E-state index contributed by atoms with van der Waals surface area (Å²) in [5, 5.41) is 10.4. The third-order valence-corrected chi connectivity index (χ3v) is 4.57. The number of aromatic nitrogens is 2. The number of rotatable bonds is 5. The molecular formula is C19H26N4O2. The molecule has 134 valence electrons. The molecule has 1 amide bonds. The first-order chi connectivity index (χ1) is 12.0. The number of H-pyrrole nitrogens is 1. The molecule has 0 saturated carbocycles. The summed E-state index contributed by atoms with van der Waals surface area (Å²) in [5.41, 5.74) is 3.06. The minimum Gasteiger partial charge on any atom is -0.390 e. The van der Waals surface area contributed by atoms with Crippen molar-refractivity contribution in [3.05, 3.63) is 53.1 Å². The van der Waals surface area contributed by atoms with Crippen LogP contribution >= 0.6 is 0 Å². The predicted octanol–water partition coefficient (Wildman–Crippen LogP) is 1.49. The Bertz CT molecular complexity index is 713. The molecule has 1 aromatic carbocycles. The summed E-state index contributed by atoms with van der Waals surface area (Å²) < 4.78 is 0. The molecule has 1 aromatic heterocycles. The average molecular weight is 342 g/mol. The summed E-state index contributed by atoms with van der Waals surface area (Å²) in [6.45, 7) is 6.31. The minimum absolute atomic E-state index is 0.0457. The van der Waals surface area contributed by atoms with Crippen molar-refractivity contribution in [2.75, 3.05) is 19.6 Å². The van der Waals surface area contributed by atoms with Crippen molar-refractivity contribution in [3.63, 3.8) is 0 Å². The Labute approximate surface area is 148 Å². The van der Waals surface area contributed by atoms with Crippen LogP contribution in [0, 0.1) is 6.92 Å². The number of benzene rings is 1. The summed E-state index contributed by atoms with van der Waals surface area (Å²) in [5.74, 6) is 1.00. The normalized spacial score (nSPS) is 19.2. The van der Waals surface area contributed by atoms with Gasteiger partial charge in [0.15, 0.2) is 0 Å². The number of carbonyl (C=O) groups is 1. The van der Waals surface area contributed by atoms with Gasteiger partial charge in [0.25, 0.3) is 0 Å². The average Bonchev–Trinajstić information content (AvgIpc) is 2.88. The lowest BCUT2D eigenvalue weighted by Crippen LogP contribution is -2.36. The van der Waals surface area contributed by atoms with E-state index in [0.29, 0.717) is 32.7 Å². The van der Waals surface area contributed by atoms with Crippen LogP contribution in [0.3, 0.4) is 0 Å². The molecule has 3 rings (SSSR count). The predicted molar refractivity (Wildman–Crippen MR) is 95.8 cm³/mol. The number of carbonyl (C=O) groups excluding carboxylic acids is 1. The largest absolute Gasteiger partial charge is 0.390 e. The number of amides is 1. The maximum atomic E-state index is 12.7. The van der Waals surface area contributed by atoms with Gasteiger partial charge >= 0.3 is 0 Å². The summed E-state index contributed by atoms with van der Waals surface area (Å²) >= 11 is 0. The van der Waals surface area contributed by atoms with Crippen molar-refractivity contribution in [1.82, 2.24) is 19.8 Å². The lowest BCUT2D eigenvalue weighted by molar-refractivity contribution is -0.132. The van der Waals surface area contributed by atoms with E-state index in [2.05, 4.69) is 16.9 Å². The second kappa shape index (κ2) is 7.80.